The lowest BCUT2D eigenvalue weighted by Crippen LogP contribution is -2.45. The molecule has 1 aromatic carbocycles. The molecule has 3 aliphatic carbocycles. The standard InChI is InChI=1S/C19H25NO3S/c1-13(14-6-7-14)20(17-8-9-17)19(21)12-24(22,23)18-10-15-4-2-3-5-16(15)11-18/h2-5,13-14,17-18H,6-12H2,1H3. The summed E-state index contributed by atoms with van der Waals surface area (Å²) in [6.45, 7) is 2.09. The highest BCUT2D eigenvalue weighted by Crippen LogP contribution is 2.40. The van der Waals surface area contributed by atoms with Gasteiger partial charge in [-0.2, -0.15) is 0 Å². The second kappa shape index (κ2) is 5.87. The Hall–Kier alpha value is -1.36. The molecule has 4 nitrogen and oxygen atoms in total. The van der Waals surface area contributed by atoms with Gasteiger partial charge < -0.3 is 4.90 Å². The second-order valence-electron chi connectivity index (χ2n) is 7.72. The van der Waals surface area contributed by atoms with E-state index in [-0.39, 0.29) is 23.7 Å². The van der Waals surface area contributed by atoms with E-state index in [1.807, 2.05) is 29.2 Å². The largest absolute Gasteiger partial charge is 0.336 e. The quantitative estimate of drug-likeness (QED) is 0.794. The number of sulfone groups is 1. The number of hydrogen-bond donors (Lipinski definition) is 0. The molecule has 5 heteroatoms. The van der Waals surface area contributed by atoms with Crippen molar-refractivity contribution in [3.63, 3.8) is 0 Å². The van der Waals surface area contributed by atoms with Crippen molar-refractivity contribution in [3.05, 3.63) is 35.4 Å². The van der Waals surface area contributed by atoms with Gasteiger partial charge in [0.2, 0.25) is 5.91 Å². The van der Waals surface area contributed by atoms with Crippen LogP contribution in [0.4, 0.5) is 0 Å². The van der Waals surface area contributed by atoms with Gasteiger partial charge in [0.1, 0.15) is 5.75 Å². The molecule has 2 fully saturated rings. The zero-order valence-corrected chi connectivity index (χ0v) is 15.0. The van der Waals surface area contributed by atoms with Gasteiger partial charge in [0.05, 0.1) is 5.25 Å². The van der Waals surface area contributed by atoms with Crippen LogP contribution < -0.4 is 0 Å². The molecule has 0 spiro atoms. The Morgan fingerprint density at radius 2 is 1.71 bits per heavy atom. The van der Waals surface area contributed by atoms with Crippen molar-refractivity contribution in [2.45, 2.75) is 62.8 Å². The molecule has 2 saturated carbocycles. The minimum absolute atomic E-state index is 0.173. The van der Waals surface area contributed by atoms with Crippen molar-refractivity contribution in [2.24, 2.45) is 5.92 Å². The summed E-state index contributed by atoms with van der Waals surface area (Å²) in [5.74, 6) is 0.0833. The van der Waals surface area contributed by atoms with Gasteiger partial charge in [-0.1, -0.05) is 24.3 Å². The molecule has 0 saturated heterocycles. The monoisotopic (exact) mass is 347 g/mol. The Labute approximate surface area is 144 Å². The second-order valence-corrected chi connectivity index (χ2v) is 10.00. The first kappa shape index (κ1) is 16.1. The number of nitrogens with zero attached hydrogens (tertiary/aromatic N) is 1. The highest BCUT2D eigenvalue weighted by molar-refractivity contribution is 7.92. The van der Waals surface area contributed by atoms with Crippen LogP contribution in [0.25, 0.3) is 0 Å². The van der Waals surface area contributed by atoms with Crippen LogP contribution in [0.15, 0.2) is 24.3 Å². The minimum Gasteiger partial charge on any atom is -0.336 e. The third kappa shape index (κ3) is 3.10. The molecule has 3 aliphatic rings. The molecule has 4 rings (SSSR count). The van der Waals surface area contributed by atoms with E-state index in [1.54, 1.807) is 0 Å². The van der Waals surface area contributed by atoms with Gasteiger partial charge >= 0.3 is 0 Å². The predicted molar refractivity (Wildman–Crippen MR) is 93.5 cm³/mol. The molecule has 0 radical (unpaired) electrons. The highest BCUT2D eigenvalue weighted by atomic mass is 32.2. The molecule has 130 valence electrons. The van der Waals surface area contributed by atoms with E-state index < -0.39 is 15.1 Å². The van der Waals surface area contributed by atoms with Gasteiger partial charge in [-0.15, -0.1) is 0 Å². The number of carbonyl (C=O) groups excluding carboxylic acids is 1. The summed E-state index contributed by atoms with van der Waals surface area (Å²) in [5, 5.41) is -0.434. The van der Waals surface area contributed by atoms with Crippen LogP contribution in [0.5, 0.6) is 0 Å². The fourth-order valence-electron chi connectivity index (χ4n) is 4.06. The van der Waals surface area contributed by atoms with E-state index in [9.17, 15) is 13.2 Å². The van der Waals surface area contributed by atoms with Gasteiger partial charge in [-0.25, -0.2) is 8.42 Å². The van der Waals surface area contributed by atoms with Crippen LogP contribution in [0.2, 0.25) is 0 Å². The zero-order valence-electron chi connectivity index (χ0n) is 14.1. The average Bonchev–Trinajstić information content (AvgIpc) is 3.44. The fourth-order valence-corrected chi connectivity index (χ4v) is 5.65. The molecule has 0 N–H and O–H groups in total. The Balaban J connectivity index is 1.46. The number of carbonyl (C=O) groups is 1. The van der Waals surface area contributed by atoms with Crippen molar-refractivity contribution >= 4 is 15.7 Å². The first-order chi connectivity index (χ1) is 11.5. The highest BCUT2D eigenvalue weighted by Gasteiger charge is 2.43. The summed E-state index contributed by atoms with van der Waals surface area (Å²) in [6, 6.07) is 8.37. The van der Waals surface area contributed by atoms with Crippen molar-refractivity contribution in [3.8, 4) is 0 Å². The molecule has 24 heavy (non-hydrogen) atoms. The summed E-state index contributed by atoms with van der Waals surface area (Å²) < 4.78 is 25.6. The molecule has 1 atom stereocenters. The Morgan fingerprint density at radius 3 is 2.21 bits per heavy atom. The van der Waals surface area contributed by atoms with Crippen LogP contribution in [0.3, 0.4) is 0 Å². The van der Waals surface area contributed by atoms with E-state index in [1.165, 1.54) is 12.8 Å². The Kier molecular flexibility index (Phi) is 3.94. The molecular formula is C19H25NO3S. The lowest BCUT2D eigenvalue weighted by Gasteiger charge is -2.30. The lowest BCUT2D eigenvalue weighted by atomic mass is 10.1. The third-order valence-electron chi connectivity index (χ3n) is 5.82. The average molecular weight is 347 g/mol. The Morgan fingerprint density at radius 1 is 1.12 bits per heavy atom. The molecule has 0 bridgehead atoms. The van der Waals surface area contributed by atoms with E-state index in [4.69, 9.17) is 0 Å². The zero-order chi connectivity index (χ0) is 16.9. The number of amides is 1. The van der Waals surface area contributed by atoms with Crippen molar-refractivity contribution < 1.29 is 13.2 Å². The fraction of sp³-hybridized carbons (Fsp3) is 0.632. The lowest BCUT2D eigenvalue weighted by molar-refractivity contribution is -0.131. The first-order valence-corrected chi connectivity index (χ1v) is 10.8. The summed E-state index contributed by atoms with van der Waals surface area (Å²) in [5.41, 5.74) is 2.23. The van der Waals surface area contributed by atoms with Crippen LogP contribution >= 0.6 is 0 Å². The van der Waals surface area contributed by atoms with Crippen LogP contribution in [-0.4, -0.2) is 42.3 Å². The smallest absolute Gasteiger partial charge is 0.238 e. The van der Waals surface area contributed by atoms with Gasteiger partial charge in [0.25, 0.3) is 0 Å². The molecule has 1 unspecified atom stereocenters. The number of fused-ring (bicyclic) bond motifs is 1. The molecule has 1 aromatic rings. The van der Waals surface area contributed by atoms with E-state index in [0.717, 1.165) is 24.0 Å². The predicted octanol–water partition coefficient (Wildman–Crippen LogP) is 2.36. The van der Waals surface area contributed by atoms with Crippen molar-refractivity contribution in [1.82, 2.24) is 4.90 Å². The topological polar surface area (TPSA) is 54.5 Å². The summed E-state index contributed by atoms with van der Waals surface area (Å²) in [7, 11) is -3.41. The summed E-state index contributed by atoms with van der Waals surface area (Å²) in [4.78, 5) is 14.7. The van der Waals surface area contributed by atoms with Gasteiger partial charge in [0, 0.05) is 12.1 Å². The third-order valence-corrected chi connectivity index (χ3v) is 7.82. The first-order valence-electron chi connectivity index (χ1n) is 9.05. The van der Waals surface area contributed by atoms with Crippen molar-refractivity contribution in [2.75, 3.05) is 5.75 Å². The van der Waals surface area contributed by atoms with Gasteiger partial charge in [-0.3, -0.25) is 4.79 Å². The number of rotatable bonds is 6. The van der Waals surface area contributed by atoms with E-state index in [2.05, 4.69) is 6.92 Å². The van der Waals surface area contributed by atoms with Gasteiger partial charge in [0.15, 0.2) is 9.84 Å². The molecule has 1 amide bonds. The number of hydrogen-bond acceptors (Lipinski definition) is 3. The van der Waals surface area contributed by atoms with Crippen molar-refractivity contribution in [1.29, 1.82) is 0 Å². The van der Waals surface area contributed by atoms with E-state index >= 15 is 0 Å². The normalized spacial score (nSPS) is 22.2. The van der Waals surface area contributed by atoms with Crippen LogP contribution in [-0.2, 0) is 27.5 Å². The van der Waals surface area contributed by atoms with E-state index in [0.29, 0.717) is 18.8 Å². The maximum Gasteiger partial charge on any atom is 0.238 e. The molecule has 0 aliphatic heterocycles. The van der Waals surface area contributed by atoms with Crippen LogP contribution in [0, 0.1) is 5.92 Å². The Bertz CT molecular complexity index is 725. The van der Waals surface area contributed by atoms with Crippen LogP contribution in [0.1, 0.15) is 43.7 Å². The summed E-state index contributed by atoms with van der Waals surface area (Å²) in [6.07, 6.45) is 5.49. The molecular weight excluding hydrogens is 322 g/mol. The molecule has 0 aromatic heterocycles. The SMILES string of the molecule is CC(C1CC1)N(C(=O)CS(=O)(=O)C1Cc2ccccc2C1)C1CC1. The van der Waals surface area contributed by atoms with Gasteiger partial charge in [-0.05, 0) is 62.5 Å². The summed E-state index contributed by atoms with van der Waals surface area (Å²) >= 11 is 0. The maximum absolute atomic E-state index is 12.8. The number of benzene rings is 1. The molecule has 0 heterocycles. The maximum atomic E-state index is 12.8. The minimum atomic E-state index is -3.41.